The van der Waals surface area contributed by atoms with E-state index in [0.717, 1.165) is 48.3 Å². The molecule has 136 valence electrons. The van der Waals surface area contributed by atoms with Crippen molar-refractivity contribution in [3.05, 3.63) is 69.4 Å². The van der Waals surface area contributed by atoms with Crippen LogP contribution in [-0.4, -0.2) is 10.5 Å². The van der Waals surface area contributed by atoms with E-state index in [-0.39, 0.29) is 5.82 Å². The number of aromatic nitrogens is 1. The second-order valence-corrected chi connectivity index (χ2v) is 7.42. The van der Waals surface area contributed by atoms with Crippen molar-refractivity contribution in [1.82, 2.24) is 4.57 Å². The molecule has 5 heteroatoms. The number of primary amides is 1. The Balaban J connectivity index is 2.12. The SMILES string of the molecule is CCCc1c(-c2ccc(F)cc2)c(C(N)=O)c(C)n1CCc1cccs1. The van der Waals surface area contributed by atoms with Crippen molar-refractivity contribution in [2.24, 2.45) is 5.73 Å². The van der Waals surface area contributed by atoms with Crippen molar-refractivity contribution in [2.45, 2.75) is 39.7 Å². The third kappa shape index (κ3) is 3.58. The lowest BCUT2D eigenvalue weighted by molar-refractivity contribution is 0.1000. The molecule has 0 saturated heterocycles. The van der Waals surface area contributed by atoms with Gasteiger partial charge in [-0.15, -0.1) is 11.3 Å². The lowest BCUT2D eigenvalue weighted by Crippen LogP contribution is -2.13. The maximum absolute atomic E-state index is 13.4. The molecule has 2 N–H and O–H groups in total. The molecule has 0 aliphatic heterocycles. The molecular formula is C21H23FN2OS. The van der Waals surface area contributed by atoms with Crippen molar-refractivity contribution in [1.29, 1.82) is 0 Å². The van der Waals surface area contributed by atoms with E-state index in [4.69, 9.17) is 5.73 Å². The maximum atomic E-state index is 13.4. The Hall–Kier alpha value is -2.40. The second-order valence-electron chi connectivity index (χ2n) is 6.38. The van der Waals surface area contributed by atoms with Crippen molar-refractivity contribution in [3.63, 3.8) is 0 Å². The summed E-state index contributed by atoms with van der Waals surface area (Å²) in [7, 11) is 0. The number of benzene rings is 1. The molecule has 0 bridgehead atoms. The summed E-state index contributed by atoms with van der Waals surface area (Å²) in [5.74, 6) is -0.727. The van der Waals surface area contributed by atoms with Gasteiger partial charge in [0.05, 0.1) is 5.56 Å². The number of halogens is 1. The molecule has 0 radical (unpaired) electrons. The molecule has 0 atom stereocenters. The molecule has 1 amide bonds. The van der Waals surface area contributed by atoms with Gasteiger partial charge in [-0.25, -0.2) is 4.39 Å². The van der Waals surface area contributed by atoms with Crippen molar-refractivity contribution >= 4 is 17.2 Å². The van der Waals surface area contributed by atoms with Crippen LogP contribution >= 0.6 is 11.3 Å². The molecular weight excluding hydrogens is 347 g/mol. The van der Waals surface area contributed by atoms with Gasteiger partial charge >= 0.3 is 0 Å². The van der Waals surface area contributed by atoms with Crippen LogP contribution in [-0.2, 0) is 19.4 Å². The quantitative estimate of drug-likeness (QED) is 0.628. The fraction of sp³-hybridized carbons (Fsp3) is 0.286. The summed E-state index contributed by atoms with van der Waals surface area (Å²) in [6, 6.07) is 10.5. The highest BCUT2D eigenvalue weighted by atomic mass is 32.1. The van der Waals surface area contributed by atoms with Crippen LogP contribution in [0.4, 0.5) is 4.39 Å². The van der Waals surface area contributed by atoms with Gasteiger partial charge < -0.3 is 10.3 Å². The Bertz CT molecular complexity index is 895. The van der Waals surface area contributed by atoms with Gasteiger partial charge in [-0.2, -0.15) is 0 Å². The van der Waals surface area contributed by atoms with Crippen LogP contribution in [0.15, 0.2) is 41.8 Å². The van der Waals surface area contributed by atoms with Gasteiger partial charge in [0.2, 0.25) is 0 Å². The molecule has 2 aromatic heterocycles. The zero-order chi connectivity index (χ0) is 18.7. The molecule has 3 aromatic rings. The second kappa shape index (κ2) is 7.87. The summed E-state index contributed by atoms with van der Waals surface area (Å²) in [6.07, 6.45) is 2.70. The lowest BCUT2D eigenvalue weighted by Gasteiger charge is -2.12. The van der Waals surface area contributed by atoms with Crippen LogP contribution in [0.25, 0.3) is 11.1 Å². The smallest absolute Gasteiger partial charge is 0.251 e. The van der Waals surface area contributed by atoms with Gasteiger partial charge in [-0.1, -0.05) is 31.5 Å². The van der Waals surface area contributed by atoms with Crippen LogP contribution in [0.2, 0.25) is 0 Å². The van der Waals surface area contributed by atoms with Crippen LogP contribution in [0.5, 0.6) is 0 Å². The first-order valence-corrected chi connectivity index (χ1v) is 9.71. The zero-order valence-corrected chi connectivity index (χ0v) is 15.9. The number of thiophene rings is 1. The Morgan fingerprint density at radius 3 is 2.50 bits per heavy atom. The lowest BCUT2D eigenvalue weighted by atomic mass is 9.98. The third-order valence-electron chi connectivity index (χ3n) is 4.66. The Kier molecular flexibility index (Phi) is 5.57. The minimum Gasteiger partial charge on any atom is -0.366 e. The number of carbonyl (C=O) groups excluding carboxylic acids is 1. The minimum absolute atomic E-state index is 0.291. The van der Waals surface area contributed by atoms with Crippen molar-refractivity contribution in [2.75, 3.05) is 0 Å². The molecule has 0 fully saturated rings. The van der Waals surface area contributed by atoms with E-state index < -0.39 is 5.91 Å². The molecule has 0 unspecified atom stereocenters. The molecule has 1 aromatic carbocycles. The summed E-state index contributed by atoms with van der Waals surface area (Å²) in [5, 5.41) is 2.07. The number of amides is 1. The monoisotopic (exact) mass is 370 g/mol. The normalized spacial score (nSPS) is 11.0. The number of nitrogens with two attached hydrogens (primary N) is 1. The number of hydrogen-bond acceptors (Lipinski definition) is 2. The van der Waals surface area contributed by atoms with Crippen LogP contribution in [0.1, 0.15) is 40.0 Å². The summed E-state index contributed by atoms with van der Waals surface area (Å²) in [5.41, 5.74) is 9.94. The maximum Gasteiger partial charge on any atom is 0.251 e. The van der Waals surface area contributed by atoms with Crippen LogP contribution < -0.4 is 5.73 Å². The van der Waals surface area contributed by atoms with E-state index in [1.165, 1.54) is 17.0 Å². The topological polar surface area (TPSA) is 48.0 Å². The van der Waals surface area contributed by atoms with E-state index in [2.05, 4.69) is 22.9 Å². The van der Waals surface area contributed by atoms with Gasteiger partial charge in [0.15, 0.2) is 0 Å². The Morgan fingerprint density at radius 2 is 1.92 bits per heavy atom. The minimum atomic E-state index is -0.436. The molecule has 0 saturated carbocycles. The molecule has 0 aliphatic rings. The van der Waals surface area contributed by atoms with E-state index in [0.29, 0.717) is 5.56 Å². The summed E-state index contributed by atoms with van der Waals surface area (Å²) < 4.78 is 15.6. The van der Waals surface area contributed by atoms with Gasteiger partial charge in [-0.05, 0) is 48.9 Å². The Labute approximate surface area is 157 Å². The molecule has 3 rings (SSSR count). The summed E-state index contributed by atoms with van der Waals surface area (Å²) >= 11 is 1.74. The predicted molar refractivity (Wildman–Crippen MR) is 105 cm³/mol. The average Bonchev–Trinajstić information content (AvgIpc) is 3.21. The van der Waals surface area contributed by atoms with Crippen molar-refractivity contribution < 1.29 is 9.18 Å². The van der Waals surface area contributed by atoms with Crippen LogP contribution in [0, 0.1) is 12.7 Å². The van der Waals surface area contributed by atoms with E-state index >= 15 is 0 Å². The van der Waals surface area contributed by atoms with E-state index in [9.17, 15) is 9.18 Å². The molecule has 26 heavy (non-hydrogen) atoms. The molecule has 0 aliphatic carbocycles. The molecule has 2 heterocycles. The van der Waals surface area contributed by atoms with Gasteiger partial charge in [0.25, 0.3) is 5.91 Å². The number of hydrogen-bond donors (Lipinski definition) is 1. The predicted octanol–water partition coefficient (Wildman–Crippen LogP) is 4.96. The van der Waals surface area contributed by atoms with E-state index in [1.807, 2.05) is 13.0 Å². The fourth-order valence-corrected chi connectivity index (χ4v) is 4.20. The largest absolute Gasteiger partial charge is 0.366 e. The standard InChI is InChI=1S/C21H23FN2OS/c1-3-5-18-20(15-7-9-16(22)10-8-15)19(21(23)25)14(2)24(18)12-11-17-6-4-13-26-17/h4,6-10,13H,3,5,11-12H2,1-2H3,(H2,23,25). The van der Waals surface area contributed by atoms with Crippen molar-refractivity contribution in [3.8, 4) is 11.1 Å². The number of carbonyl (C=O) groups is 1. The number of nitrogens with zero attached hydrogens (tertiary/aromatic N) is 1. The van der Waals surface area contributed by atoms with E-state index in [1.54, 1.807) is 23.5 Å². The fourth-order valence-electron chi connectivity index (χ4n) is 3.50. The first kappa shape index (κ1) is 18.4. The summed E-state index contributed by atoms with van der Waals surface area (Å²) in [6.45, 7) is 4.86. The highest BCUT2D eigenvalue weighted by molar-refractivity contribution is 7.09. The summed E-state index contributed by atoms with van der Waals surface area (Å²) in [4.78, 5) is 13.5. The Morgan fingerprint density at radius 1 is 1.19 bits per heavy atom. The number of aryl methyl sites for hydroxylation is 1. The van der Waals surface area contributed by atoms with Crippen LogP contribution in [0.3, 0.4) is 0 Å². The number of rotatable bonds is 7. The third-order valence-corrected chi connectivity index (χ3v) is 5.60. The highest BCUT2D eigenvalue weighted by Crippen LogP contribution is 2.34. The molecule has 0 spiro atoms. The van der Waals surface area contributed by atoms with Gasteiger partial charge in [-0.3, -0.25) is 4.79 Å². The first-order chi connectivity index (χ1) is 12.5. The van der Waals surface area contributed by atoms with Gasteiger partial charge in [0, 0.05) is 28.4 Å². The average molecular weight is 370 g/mol. The zero-order valence-electron chi connectivity index (χ0n) is 15.1. The first-order valence-electron chi connectivity index (χ1n) is 8.83. The van der Waals surface area contributed by atoms with Gasteiger partial charge in [0.1, 0.15) is 5.82 Å². The molecule has 3 nitrogen and oxygen atoms in total. The highest BCUT2D eigenvalue weighted by Gasteiger charge is 2.24.